The van der Waals surface area contributed by atoms with Crippen molar-refractivity contribution in [2.45, 2.75) is 18.6 Å². The van der Waals surface area contributed by atoms with Gasteiger partial charge >= 0.3 is 0 Å². The maximum atomic E-state index is 11.6. The van der Waals surface area contributed by atoms with Crippen molar-refractivity contribution >= 4 is 11.6 Å². The quantitative estimate of drug-likeness (QED) is 0.518. The van der Waals surface area contributed by atoms with E-state index in [1.165, 1.54) is 6.33 Å². The predicted octanol–water partition coefficient (Wildman–Crippen LogP) is 4.73. The van der Waals surface area contributed by atoms with Gasteiger partial charge in [-0.3, -0.25) is 0 Å². The molecule has 4 nitrogen and oxygen atoms in total. The number of aromatic nitrogens is 3. The summed E-state index contributed by atoms with van der Waals surface area (Å²) in [7, 11) is 0. The van der Waals surface area contributed by atoms with E-state index in [0.717, 1.165) is 22.3 Å². The Morgan fingerprint density at radius 1 is 0.857 bits per heavy atom. The molecule has 3 aromatic carbocycles. The molecule has 1 heterocycles. The summed E-state index contributed by atoms with van der Waals surface area (Å²) in [5.74, 6) is 0. The van der Waals surface area contributed by atoms with Crippen LogP contribution in [-0.4, -0.2) is 19.9 Å². The third-order valence-corrected chi connectivity index (χ3v) is 5.08. The monoisotopic (exact) mass is 389 g/mol. The summed E-state index contributed by atoms with van der Waals surface area (Å²) in [6, 6.07) is 25.8. The average Bonchev–Trinajstić information content (AvgIpc) is 3.23. The Balaban J connectivity index is 1.67. The molecule has 0 aliphatic heterocycles. The molecule has 0 saturated carbocycles. The van der Waals surface area contributed by atoms with E-state index in [4.69, 9.17) is 11.6 Å². The Morgan fingerprint density at radius 3 is 2.18 bits per heavy atom. The summed E-state index contributed by atoms with van der Waals surface area (Å²) in [6.45, 7) is 0.306. The van der Waals surface area contributed by atoms with Crippen molar-refractivity contribution in [1.29, 1.82) is 0 Å². The van der Waals surface area contributed by atoms with Gasteiger partial charge in [0.2, 0.25) is 0 Å². The van der Waals surface area contributed by atoms with Crippen molar-refractivity contribution < 1.29 is 5.11 Å². The standard InChI is InChI=1S/C23H20ClN3O/c24-22-12-6-18(7-13-22)14-23(28,15-27-17-25-16-26-27)21-10-8-20(9-11-21)19-4-2-1-3-5-19/h1-13,16-17,28H,14-15H2. The SMILES string of the molecule is OC(Cc1ccc(Cl)cc1)(Cn1cncn1)c1ccc(-c2ccccc2)cc1. The molecule has 4 aromatic rings. The van der Waals surface area contributed by atoms with Crippen molar-refractivity contribution in [1.82, 2.24) is 14.8 Å². The predicted molar refractivity (Wildman–Crippen MR) is 111 cm³/mol. The van der Waals surface area contributed by atoms with Gasteiger partial charge in [0.25, 0.3) is 0 Å². The third kappa shape index (κ3) is 4.14. The minimum absolute atomic E-state index is 0.306. The van der Waals surface area contributed by atoms with E-state index in [9.17, 15) is 5.11 Å². The number of rotatable bonds is 6. The smallest absolute Gasteiger partial charge is 0.137 e. The van der Waals surface area contributed by atoms with E-state index in [2.05, 4.69) is 22.2 Å². The van der Waals surface area contributed by atoms with Crippen molar-refractivity contribution in [2.75, 3.05) is 0 Å². The van der Waals surface area contributed by atoms with Crippen LogP contribution < -0.4 is 0 Å². The number of halogens is 1. The molecule has 0 aliphatic carbocycles. The minimum atomic E-state index is -1.13. The summed E-state index contributed by atoms with van der Waals surface area (Å²) in [6.07, 6.45) is 3.53. The first kappa shape index (κ1) is 18.4. The Kier molecular flexibility index (Phi) is 5.24. The zero-order valence-corrected chi connectivity index (χ0v) is 16.0. The van der Waals surface area contributed by atoms with Crippen LogP contribution in [0.5, 0.6) is 0 Å². The first-order chi connectivity index (χ1) is 13.6. The fourth-order valence-electron chi connectivity index (χ4n) is 3.38. The molecule has 1 N–H and O–H groups in total. The molecule has 1 atom stereocenters. The molecule has 140 valence electrons. The summed E-state index contributed by atoms with van der Waals surface area (Å²) in [5, 5.41) is 16.5. The Labute approximate surface area is 169 Å². The lowest BCUT2D eigenvalue weighted by molar-refractivity contribution is 0.0151. The maximum absolute atomic E-state index is 11.6. The fourth-order valence-corrected chi connectivity index (χ4v) is 3.50. The van der Waals surface area contributed by atoms with E-state index in [1.807, 2.05) is 66.7 Å². The van der Waals surface area contributed by atoms with E-state index >= 15 is 0 Å². The van der Waals surface area contributed by atoms with Crippen LogP contribution in [0.3, 0.4) is 0 Å². The van der Waals surface area contributed by atoms with Crippen LogP contribution >= 0.6 is 11.6 Å². The molecule has 4 rings (SSSR count). The molecule has 0 amide bonds. The summed E-state index contributed by atoms with van der Waals surface area (Å²) in [4.78, 5) is 4.00. The van der Waals surface area contributed by atoms with Crippen molar-refractivity contribution in [2.24, 2.45) is 0 Å². The lowest BCUT2D eigenvalue weighted by atomic mass is 9.86. The molecule has 0 spiro atoms. The maximum Gasteiger partial charge on any atom is 0.137 e. The highest BCUT2D eigenvalue weighted by molar-refractivity contribution is 6.30. The van der Waals surface area contributed by atoms with E-state index < -0.39 is 5.60 Å². The Morgan fingerprint density at radius 2 is 1.54 bits per heavy atom. The summed E-state index contributed by atoms with van der Waals surface area (Å²) < 4.78 is 1.65. The first-order valence-electron chi connectivity index (χ1n) is 9.08. The van der Waals surface area contributed by atoms with Gasteiger partial charge in [-0.15, -0.1) is 0 Å². The molecule has 0 saturated heterocycles. The van der Waals surface area contributed by atoms with Gasteiger partial charge in [-0.05, 0) is 34.4 Å². The van der Waals surface area contributed by atoms with Crippen molar-refractivity contribution in [3.05, 3.63) is 108 Å². The van der Waals surface area contributed by atoms with Crippen LogP contribution in [0, 0.1) is 0 Å². The molecule has 0 aliphatic rings. The molecule has 1 unspecified atom stereocenters. The second-order valence-corrected chi connectivity index (χ2v) is 7.31. The van der Waals surface area contributed by atoms with Gasteiger partial charge in [-0.1, -0.05) is 78.3 Å². The molecule has 5 heteroatoms. The third-order valence-electron chi connectivity index (χ3n) is 4.83. The fraction of sp³-hybridized carbons (Fsp3) is 0.130. The molecule has 28 heavy (non-hydrogen) atoms. The van der Waals surface area contributed by atoms with Gasteiger partial charge in [-0.2, -0.15) is 5.10 Å². The zero-order valence-electron chi connectivity index (χ0n) is 15.2. The topological polar surface area (TPSA) is 50.9 Å². The van der Waals surface area contributed by atoms with Crippen LogP contribution in [0.4, 0.5) is 0 Å². The van der Waals surface area contributed by atoms with Crippen LogP contribution in [0.15, 0.2) is 91.5 Å². The van der Waals surface area contributed by atoms with Crippen molar-refractivity contribution in [3.63, 3.8) is 0 Å². The molecular formula is C23H20ClN3O. The van der Waals surface area contributed by atoms with Crippen molar-refractivity contribution in [3.8, 4) is 11.1 Å². The summed E-state index contributed by atoms with van der Waals surface area (Å²) >= 11 is 6.01. The number of hydrogen-bond donors (Lipinski definition) is 1. The molecular weight excluding hydrogens is 370 g/mol. The first-order valence-corrected chi connectivity index (χ1v) is 9.45. The van der Waals surface area contributed by atoms with E-state index in [-0.39, 0.29) is 0 Å². The molecule has 1 aromatic heterocycles. The molecule has 0 bridgehead atoms. The zero-order chi connectivity index (χ0) is 19.4. The van der Waals surface area contributed by atoms with Gasteiger partial charge in [-0.25, -0.2) is 9.67 Å². The second kappa shape index (κ2) is 7.97. The minimum Gasteiger partial charge on any atom is -0.383 e. The number of aliphatic hydroxyl groups is 1. The van der Waals surface area contributed by atoms with Gasteiger partial charge in [0, 0.05) is 11.4 Å². The highest BCUT2D eigenvalue weighted by atomic mass is 35.5. The molecule has 0 fully saturated rings. The van der Waals surface area contributed by atoms with Gasteiger partial charge in [0.1, 0.15) is 18.3 Å². The van der Waals surface area contributed by atoms with Gasteiger partial charge in [0.05, 0.1) is 6.54 Å². The number of nitrogens with zero attached hydrogens (tertiary/aromatic N) is 3. The second-order valence-electron chi connectivity index (χ2n) is 6.87. The number of hydrogen-bond acceptors (Lipinski definition) is 3. The van der Waals surface area contributed by atoms with Crippen LogP contribution in [0.2, 0.25) is 5.02 Å². The Bertz CT molecular complexity index is 1020. The lowest BCUT2D eigenvalue weighted by Gasteiger charge is -2.29. The van der Waals surface area contributed by atoms with Crippen LogP contribution in [0.25, 0.3) is 11.1 Å². The van der Waals surface area contributed by atoms with Gasteiger partial charge < -0.3 is 5.11 Å². The number of benzene rings is 3. The van der Waals surface area contributed by atoms with Gasteiger partial charge in [0.15, 0.2) is 0 Å². The van der Waals surface area contributed by atoms with E-state index in [1.54, 1.807) is 11.0 Å². The van der Waals surface area contributed by atoms with Crippen LogP contribution in [0.1, 0.15) is 11.1 Å². The van der Waals surface area contributed by atoms with Crippen LogP contribution in [-0.2, 0) is 18.6 Å². The highest BCUT2D eigenvalue weighted by Gasteiger charge is 2.31. The normalized spacial score (nSPS) is 13.2. The lowest BCUT2D eigenvalue weighted by Crippen LogP contribution is -2.34. The molecule has 0 radical (unpaired) electrons. The summed E-state index contributed by atoms with van der Waals surface area (Å²) in [5.41, 5.74) is 2.96. The Hall–Kier alpha value is -2.95. The largest absolute Gasteiger partial charge is 0.383 e. The van der Waals surface area contributed by atoms with E-state index in [0.29, 0.717) is 18.0 Å². The average molecular weight is 390 g/mol. The highest BCUT2D eigenvalue weighted by Crippen LogP contribution is 2.30.